The van der Waals surface area contributed by atoms with Crippen LogP contribution in [-0.2, 0) is 11.2 Å². The Morgan fingerprint density at radius 1 is 1.24 bits per heavy atom. The Morgan fingerprint density at radius 3 is 2.52 bits per heavy atom. The van der Waals surface area contributed by atoms with Crippen molar-refractivity contribution in [2.75, 3.05) is 5.32 Å². The molecule has 7 heteroatoms. The summed E-state index contributed by atoms with van der Waals surface area (Å²) in [5.41, 5.74) is 0.616. The molecule has 1 N–H and O–H groups in total. The summed E-state index contributed by atoms with van der Waals surface area (Å²) in [7, 11) is 0. The van der Waals surface area contributed by atoms with Gasteiger partial charge < -0.3 is 5.32 Å². The number of carbonyl (C=O) groups is 1. The molecule has 108 valence electrons. The van der Waals surface area contributed by atoms with Crippen molar-refractivity contribution in [1.29, 1.82) is 0 Å². The summed E-state index contributed by atoms with van der Waals surface area (Å²) in [5, 5.41) is 13.4. The summed E-state index contributed by atoms with van der Waals surface area (Å²) in [4.78, 5) is 22.0. The lowest BCUT2D eigenvalue weighted by molar-refractivity contribution is -0.384. The zero-order chi connectivity index (χ0) is 15.4. The average Bonchev–Trinajstić information content (AvgIpc) is 2.43. The number of anilines is 1. The minimum Gasteiger partial charge on any atom is -0.324 e. The Hall–Kier alpha value is -2.47. The molecule has 0 saturated carbocycles. The third-order valence-electron chi connectivity index (χ3n) is 2.71. The third kappa shape index (κ3) is 4.00. The number of amides is 1. The van der Waals surface area contributed by atoms with Crippen LogP contribution in [0.3, 0.4) is 0 Å². The molecule has 0 unspecified atom stereocenters. The summed E-state index contributed by atoms with van der Waals surface area (Å²) in [5.74, 6) is -0.787. The predicted octanol–water partition coefficient (Wildman–Crippen LogP) is 3.57. The van der Waals surface area contributed by atoms with Gasteiger partial charge >= 0.3 is 0 Å². The van der Waals surface area contributed by atoms with Gasteiger partial charge in [0.05, 0.1) is 22.1 Å². The molecule has 0 radical (unpaired) electrons. The number of nitro groups is 1. The third-order valence-corrected chi connectivity index (χ3v) is 3.04. The largest absolute Gasteiger partial charge is 0.324 e. The second-order valence-electron chi connectivity index (χ2n) is 4.27. The van der Waals surface area contributed by atoms with Gasteiger partial charge in [-0.15, -0.1) is 0 Å². The van der Waals surface area contributed by atoms with Crippen molar-refractivity contribution in [2.45, 2.75) is 6.42 Å². The van der Waals surface area contributed by atoms with E-state index in [1.807, 2.05) is 0 Å². The number of halogens is 2. The average molecular weight is 309 g/mol. The molecule has 0 heterocycles. The van der Waals surface area contributed by atoms with Crippen molar-refractivity contribution in [3.63, 3.8) is 0 Å². The maximum absolute atomic E-state index is 12.8. The van der Waals surface area contributed by atoms with Gasteiger partial charge in [-0.05, 0) is 23.8 Å². The molecule has 5 nitrogen and oxygen atoms in total. The number of nitro benzene ring substituents is 1. The van der Waals surface area contributed by atoms with Crippen molar-refractivity contribution in [2.24, 2.45) is 0 Å². The molecule has 2 aromatic carbocycles. The van der Waals surface area contributed by atoms with Crippen LogP contribution in [0.1, 0.15) is 5.56 Å². The van der Waals surface area contributed by atoms with E-state index in [-0.39, 0.29) is 28.6 Å². The lowest BCUT2D eigenvalue weighted by Gasteiger charge is -2.07. The fraction of sp³-hybridized carbons (Fsp3) is 0.0714. The van der Waals surface area contributed by atoms with Crippen LogP contribution in [0.15, 0.2) is 42.5 Å². The molecule has 0 aliphatic heterocycles. The Labute approximate surface area is 124 Å². The number of rotatable bonds is 4. The van der Waals surface area contributed by atoms with E-state index >= 15 is 0 Å². The highest BCUT2D eigenvalue weighted by Gasteiger charge is 2.12. The minimum atomic E-state index is -0.577. The number of benzene rings is 2. The Morgan fingerprint density at radius 2 is 1.90 bits per heavy atom. The molecule has 0 bridgehead atoms. The SMILES string of the molecule is O=C(Cc1ccc(F)cc1)Nc1cc([N+](=O)[O-])ccc1Cl. The molecule has 2 aromatic rings. The molecule has 0 aliphatic rings. The first-order chi connectivity index (χ1) is 9.95. The number of nitrogens with zero attached hydrogens (tertiary/aromatic N) is 1. The van der Waals surface area contributed by atoms with Gasteiger partial charge in [0.15, 0.2) is 0 Å². The quantitative estimate of drug-likeness (QED) is 0.693. The normalized spacial score (nSPS) is 10.2. The Bertz CT molecular complexity index is 689. The summed E-state index contributed by atoms with van der Waals surface area (Å²) >= 11 is 5.88. The number of nitrogens with one attached hydrogen (secondary N) is 1. The molecule has 0 aromatic heterocycles. The first kappa shape index (κ1) is 14.9. The van der Waals surface area contributed by atoms with Gasteiger partial charge in [0, 0.05) is 12.1 Å². The van der Waals surface area contributed by atoms with Crippen LogP contribution in [0.4, 0.5) is 15.8 Å². The first-order valence-electron chi connectivity index (χ1n) is 5.94. The van der Waals surface area contributed by atoms with Gasteiger partial charge in [-0.3, -0.25) is 14.9 Å². The Kier molecular flexibility index (Phi) is 4.49. The van der Waals surface area contributed by atoms with E-state index in [0.717, 1.165) is 0 Å². The maximum Gasteiger partial charge on any atom is 0.271 e. The summed E-state index contributed by atoms with van der Waals surface area (Å²) < 4.78 is 12.8. The van der Waals surface area contributed by atoms with E-state index in [4.69, 9.17) is 11.6 Å². The lowest BCUT2D eigenvalue weighted by atomic mass is 10.1. The van der Waals surface area contributed by atoms with Gasteiger partial charge in [0.2, 0.25) is 5.91 Å². The molecule has 0 saturated heterocycles. The van der Waals surface area contributed by atoms with Crippen LogP contribution in [0.2, 0.25) is 5.02 Å². The molecule has 0 spiro atoms. The van der Waals surface area contributed by atoms with Crippen LogP contribution in [0.5, 0.6) is 0 Å². The molecule has 21 heavy (non-hydrogen) atoms. The molecular formula is C14H10ClFN2O3. The van der Waals surface area contributed by atoms with Crippen LogP contribution in [0.25, 0.3) is 0 Å². The molecule has 0 atom stereocenters. The highest BCUT2D eigenvalue weighted by molar-refractivity contribution is 6.33. The van der Waals surface area contributed by atoms with E-state index in [1.54, 1.807) is 0 Å². The van der Waals surface area contributed by atoms with E-state index < -0.39 is 10.8 Å². The number of carbonyl (C=O) groups excluding carboxylic acids is 1. The van der Waals surface area contributed by atoms with Crippen molar-refractivity contribution in [3.05, 3.63) is 69.0 Å². The number of hydrogen-bond donors (Lipinski definition) is 1. The van der Waals surface area contributed by atoms with Gasteiger partial charge in [-0.25, -0.2) is 4.39 Å². The zero-order valence-corrected chi connectivity index (χ0v) is 11.4. The highest BCUT2D eigenvalue weighted by Crippen LogP contribution is 2.26. The van der Waals surface area contributed by atoms with Crippen molar-refractivity contribution in [1.82, 2.24) is 0 Å². The van der Waals surface area contributed by atoms with Gasteiger partial charge in [0.25, 0.3) is 5.69 Å². The van der Waals surface area contributed by atoms with Crippen LogP contribution >= 0.6 is 11.6 Å². The van der Waals surface area contributed by atoms with E-state index in [2.05, 4.69) is 5.32 Å². The van der Waals surface area contributed by atoms with Crippen molar-refractivity contribution < 1.29 is 14.1 Å². The van der Waals surface area contributed by atoms with Crippen LogP contribution in [-0.4, -0.2) is 10.8 Å². The summed E-state index contributed by atoms with van der Waals surface area (Å²) in [6.07, 6.45) is 0.0132. The minimum absolute atomic E-state index is 0.0132. The first-order valence-corrected chi connectivity index (χ1v) is 6.32. The van der Waals surface area contributed by atoms with Gasteiger partial charge in [-0.1, -0.05) is 23.7 Å². The van der Waals surface area contributed by atoms with Gasteiger partial charge in [-0.2, -0.15) is 0 Å². The summed E-state index contributed by atoms with van der Waals surface area (Å²) in [6, 6.07) is 9.26. The highest BCUT2D eigenvalue weighted by atomic mass is 35.5. The molecule has 0 aliphatic carbocycles. The molecular weight excluding hydrogens is 299 g/mol. The van der Waals surface area contributed by atoms with E-state index in [1.165, 1.54) is 42.5 Å². The topological polar surface area (TPSA) is 72.2 Å². The van der Waals surface area contributed by atoms with Gasteiger partial charge in [0.1, 0.15) is 5.82 Å². The summed E-state index contributed by atoms with van der Waals surface area (Å²) in [6.45, 7) is 0. The second kappa shape index (κ2) is 6.32. The predicted molar refractivity (Wildman–Crippen MR) is 76.8 cm³/mol. The van der Waals surface area contributed by atoms with Crippen molar-refractivity contribution >= 4 is 28.9 Å². The monoisotopic (exact) mass is 308 g/mol. The van der Waals surface area contributed by atoms with Crippen molar-refractivity contribution in [3.8, 4) is 0 Å². The molecule has 0 fully saturated rings. The Balaban J connectivity index is 2.10. The fourth-order valence-electron chi connectivity index (χ4n) is 1.70. The smallest absolute Gasteiger partial charge is 0.271 e. The maximum atomic E-state index is 12.8. The standard InChI is InChI=1S/C14H10ClFN2O3/c15-12-6-5-11(18(20)21)8-13(12)17-14(19)7-9-1-3-10(16)4-2-9/h1-6,8H,7H2,(H,17,19). The second-order valence-corrected chi connectivity index (χ2v) is 4.68. The van der Waals surface area contributed by atoms with E-state index in [9.17, 15) is 19.3 Å². The lowest BCUT2D eigenvalue weighted by Crippen LogP contribution is -2.14. The van der Waals surface area contributed by atoms with Crippen LogP contribution in [0, 0.1) is 15.9 Å². The number of non-ortho nitro benzene ring substituents is 1. The van der Waals surface area contributed by atoms with Crippen LogP contribution < -0.4 is 5.32 Å². The number of hydrogen-bond acceptors (Lipinski definition) is 3. The molecule has 1 amide bonds. The fourth-order valence-corrected chi connectivity index (χ4v) is 1.87. The van der Waals surface area contributed by atoms with E-state index in [0.29, 0.717) is 5.56 Å². The zero-order valence-electron chi connectivity index (χ0n) is 10.7. The molecule has 2 rings (SSSR count).